The summed E-state index contributed by atoms with van der Waals surface area (Å²) in [5.74, 6) is -0.432. The third-order valence-corrected chi connectivity index (χ3v) is 11.3. The average Bonchev–Trinajstić information content (AvgIpc) is 3.35. The summed E-state index contributed by atoms with van der Waals surface area (Å²) in [6.45, 7) is 3.30. The first-order valence-electron chi connectivity index (χ1n) is 25.5. The maximum absolute atomic E-state index is 13.0. The Morgan fingerprint density at radius 2 is 0.899 bits per heavy atom. The molecule has 2 saturated heterocycles. The Morgan fingerprint density at radius 1 is 0.478 bits per heavy atom. The van der Waals surface area contributed by atoms with Crippen molar-refractivity contribution >= 4 is 5.97 Å². The van der Waals surface area contributed by atoms with Gasteiger partial charge in [-0.25, -0.2) is 0 Å². The number of esters is 1. The van der Waals surface area contributed by atoms with Crippen LogP contribution in [0.3, 0.4) is 0 Å². The second kappa shape index (κ2) is 41.3. The minimum atomic E-state index is -1.73. The largest absolute Gasteiger partial charge is 0.457 e. The smallest absolute Gasteiger partial charge is 0.306 e. The molecule has 0 aromatic heterocycles. The Labute approximate surface area is 413 Å². The van der Waals surface area contributed by atoms with Gasteiger partial charge in [-0.3, -0.25) is 4.79 Å². The van der Waals surface area contributed by atoms with E-state index in [1.807, 2.05) is 0 Å². The number of carbonyl (C=O) groups is 1. The predicted molar refractivity (Wildman–Crippen MR) is 270 cm³/mol. The molecule has 0 aromatic rings. The Kier molecular flexibility index (Phi) is 37.0. The standard InChI is InChI=1S/C55H88O14/c1-3-5-7-9-11-13-15-17-19-20-21-22-23-25-27-29-31-33-35-37-39-64-41-44(67-47(57)38-36-34-32-30-28-26-24-18-16-14-12-10-8-6-4-2)42-65-54-53(63)51(61)49(59)46(69-54)43-66-55-52(62)50(60)48(58)45(40-56)68-55/h5-8,11-14,17-19,21-22,24-25,27-28,30,44-46,48-56,58-63H,3-4,9-10,15-16,20,23,26,29,31-43H2,1-2H3/b7-5-,8-6-,13-11-,14-12-,19-17-,22-21-,24-18-,27-25-,30-28-. The summed E-state index contributed by atoms with van der Waals surface area (Å²) in [5.41, 5.74) is 0. The molecule has 2 aliphatic heterocycles. The van der Waals surface area contributed by atoms with E-state index in [2.05, 4.69) is 123 Å². The summed E-state index contributed by atoms with van der Waals surface area (Å²) in [5, 5.41) is 72.1. The molecule has 0 aliphatic carbocycles. The number of hydrogen-bond donors (Lipinski definition) is 7. The minimum Gasteiger partial charge on any atom is -0.457 e. The molecular weight excluding hydrogens is 885 g/mol. The zero-order valence-corrected chi connectivity index (χ0v) is 41.5. The van der Waals surface area contributed by atoms with E-state index < -0.39 is 86.7 Å². The van der Waals surface area contributed by atoms with Crippen molar-refractivity contribution < 1.29 is 69.0 Å². The van der Waals surface area contributed by atoms with Gasteiger partial charge in [0.05, 0.1) is 26.4 Å². The van der Waals surface area contributed by atoms with Crippen LogP contribution in [0, 0.1) is 0 Å². The van der Waals surface area contributed by atoms with Crippen molar-refractivity contribution in [2.24, 2.45) is 0 Å². The van der Waals surface area contributed by atoms with Crippen LogP contribution in [0.25, 0.3) is 0 Å². The summed E-state index contributed by atoms with van der Waals surface area (Å²) in [7, 11) is 0. The van der Waals surface area contributed by atoms with Crippen LogP contribution >= 0.6 is 0 Å². The van der Waals surface area contributed by atoms with Crippen LogP contribution in [0.4, 0.5) is 0 Å². The van der Waals surface area contributed by atoms with Gasteiger partial charge in [-0.15, -0.1) is 0 Å². The minimum absolute atomic E-state index is 0.0192. The van der Waals surface area contributed by atoms with Gasteiger partial charge in [-0.2, -0.15) is 0 Å². The molecule has 2 heterocycles. The fourth-order valence-corrected chi connectivity index (χ4v) is 7.18. The Morgan fingerprint density at radius 3 is 1.39 bits per heavy atom. The first kappa shape index (κ1) is 61.8. The summed E-state index contributed by atoms with van der Waals surface area (Å²) >= 11 is 0. The normalized spacial score (nSPS) is 26.6. The lowest BCUT2D eigenvalue weighted by molar-refractivity contribution is -0.332. The molecule has 0 bridgehead atoms. The molecule has 7 N–H and O–H groups in total. The molecule has 14 heteroatoms. The van der Waals surface area contributed by atoms with Gasteiger partial charge in [0.25, 0.3) is 0 Å². The van der Waals surface area contributed by atoms with Crippen molar-refractivity contribution in [1.29, 1.82) is 0 Å². The highest BCUT2D eigenvalue weighted by Crippen LogP contribution is 2.26. The van der Waals surface area contributed by atoms with Crippen LogP contribution in [-0.2, 0) is 33.2 Å². The van der Waals surface area contributed by atoms with Gasteiger partial charge in [-0.05, 0) is 96.3 Å². The van der Waals surface area contributed by atoms with Crippen LogP contribution < -0.4 is 0 Å². The zero-order chi connectivity index (χ0) is 50.2. The van der Waals surface area contributed by atoms with Crippen molar-refractivity contribution in [3.8, 4) is 0 Å². The second-order valence-corrected chi connectivity index (χ2v) is 17.2. The van der Waals surface area contributed by atoms with Crippen LogP contribution in [0.1, 0.15) is 129 Å². The number of aliphatic hydroxyl groups excluding tert-OH is 7. The molecule has 2 fully saturated rings. The van der Waals surface area contributed by atoms with Crippen LogP contribution in [0.5, 0.6) is 0 Å². The third-order valence-electron chi connectivity index (χ3n) is 11.3. The van der Waals surface area contributed by atoms with E-state index >= 15 is 0 Å². The van der Waals surface area contributed by atoms with Crippen molar-refractivity contribution in [3.05, 3.63) is 109 Å². The van der Waals surface area contributed by atoms with E-state index in [1.165, 1.54) is 0 Å². The lowest BCUT2D eigenvalue weighted by Crippen LogP contribution is -2.61. The molecule has 2 rings (SSSR count). The van der Waals surface area contributed by atoms with Gasteiger partial charge in [0.1, 0.15) is 54.9 Å². The first-order chi connectivity index (χ1) is 33.6. The molecule has 0 radical (unpaired) electrons. The first-order valence-corrected chi connectivity index (χ1v) is 25.5. The van der Waals surface area contributed by atoms with E-state index in [1.54, 1.807) is 0 Å². The molecule has 11 unspecified atom stereocenters. The van der Waals surface area contributed by atoms with E-state index in [0.29, 0.717) is 13.0 Å². The molecule has 0 saturated carbocycles. The molecule has 11 atom stereocenters. The summed E-state index contributed by atoms with van der Waals surface area (Å²) < 4.78 is 34.2. The molecule has 14 nitrogen and oxygen atoms in total. The molecule has 392 valence electrons. The Balaban J connectivity index is 1.81. The van der Waals surface area contributed by atoms with Gasteiger partial charge in [-0.1, -0.05) is 136 Å². The number of unbranched alkanes of at least 4 members (excludes halogenated alkanes) is 6. The number of carbonyl (C=O) groups excluding carboxylic acids is 1. The highest BCUT2D eigenvalue weighted by Gasteiger charge is 2.47. The summed E-state index contributed by atoms with van der Waals surface area (Å²) in [6, 6.07) is 0. The van der Waals surface area contributed by atoms with Gasteiger partial charge in [0.2, 0.25) is 0 Å². The molecule has 0 aromatic carbocycles. The number of allylic oxidation sites excluding steroid dienone is 18. The maximum atomic E-state index is 13.0. The second-order valence-electron chi connectivity index (χ2n) is 17.2. The summed E-state index contributed by atoms with van der Waals surface area (Å²) in [6.07, 6.45) is 38.7. The van der Waals surface area contributed by atoms with E-state index in [-0.39, 0.29) is 19.6 Å². The van der Waals surface area contributed by atoms with Crippen LogP contribution in [-0.4, -0.2) is 142 Å². The molecule has 0 amide bonds. The molecule has 2 aliphatic rings. The van der Waals surface area contributed by atoms with Gasteiger partial charge < -0.3 is 64.2 Å². The fraction of sp³-hybridized carbons (Fsp3) is 0.655. The Hall–Kier alpha value is -3.35. The zero-order valence-electron chi connectivity index (χ0n) is 41.5. The van der Waals surface area contributed by atoms with E-state index in [4.69, 9.17) is 28.4 Å². The number of hydrogen-bond acceptors (Lipinski definition) is 14. The SMILES string of the molecule is CC/C=C\C/C=C\C/C=C\C/C=C\C/C=C\CCCCCCOCC(COC1OC(COC2OC(CO)C(O)C(O)C2O)C(O)C(O)C1O)OC(=O)CCCC/C=C\C/C=C\C/C=C\C/C=C\CC. The maximum Gasteiger partial charge on any atom is 0.306 e. The molecular formula is C55H88O14. The number of rotatable bonds is 38. The van der Waals surface area contributed by atoms with Gasteiger partial charge in [0.15, 0.2) is 12.6 Å². The highest BCUT2D eigenvalue weighted by molar-refractivity contribution is 5.69. The van der Waals surface area contributed by atoms with E-state index in [0.717, 1.165) is 103 Å². The van der Waals surface area contributed by atoms with E-state index in [9.17, 15) is 40.5 Å². The average molecular weight is 973 g/mol. The predicted octanol–water partition coefficient (Wildman–Crippen LogP) is 7.62. The van der Waals surface area contributed by atoms with Gasteiger partial charge in [0, 0.05) is 13.0 Å². The van der Waals surface area contributed by atoms with Crippen molar-refractivity contribution in [2.45, 2.75) is 197 Å². The van der Waals surface area contributed by atoms with Crippen molar-refractivity contribution in [1.82, 2.24) is 0 Å². The Bertz CT molecular complexity index is 1550. The number of ether oxygens (including phenoxy) is 6. The topological polar surface area (TPSA) is 214 Å². The number of aliphatic hydroxyl groups is 7. The van der Waals surface area contributed by atoms with Crippen LogP contribution in [0.15, 0.2) is 109 Å². The molecule has 0 spiro atoms. The quantitative estimate of drug-likeness (QED) is 0.0180. The highest BCUT2D eigenvalue weighted by atomic mass is 16.7. The lowest BCUT2D eigenvalue weighted by atomic mass is 9.98. The fourth-order valence-electron chi connectivity index (χ4n) is 7.18. The third kappa shape index (κ3) is 28.9. The lowest BCUT2D eigenvalue weighted by Gasteiger charge is -2.42. The summed E-state index contributed by atoms with van der Waals surface area (Å²) in [4.78, 5) is 13.0. The van der Waals surface area contributed by atoms with Gasteiger partial charge >= 0.3 is 5.97 Å². The van der Waals surface area contributed by atoms with Crippen molar-refractivity contribution in [2.75, 3.05) is 33.0 Å². The monoisotopic (exact) mass is 973 g/mol. The van der Waals surface area contributed by atoms with Crippen LogP contribution in [0.2, 0.25) is 0 Å². The molecule has 69 heavy (non-hydrogen) atoms. The van der Waals surface area contributed by atoms with Crippen molar-refractivity contribution in [3.63, 3.8) is 0 Å².